The summed E-state index contributed by atoms with van der Waals surface area (Å²) in [6.45, 7) is 2.22. The monoisotopic (exact) mass is 732 g/mol. The van der Waals surface area contributed by atoms with Crippen molar-refractivity contribution in [3.05, 3.63) is 52.1 Å². The van der Waals surface area contributed by atoms with Gasteiger partial charge in [0.1, 0.15) is 0 Å². The molecule has 24 heavy (non-hydrogen) atoms. The molecule has 1 aromatic heterocycles. The van der Waals surface area contributed by atoms with Gasteiger partial charge in [-0.1, -0.05) is 30.3 Å². The van der Waals surface area contributed by atoms with Crippen LogP contribution in [0.2, 0.25) is 0 Å². The Kier molecular flexibility index (Phi) is 9.81. The zero-order chi connectivity index (χ0) is 17.4. The fourth-order valence-electron chi connectivity index (χ4n) is 3.00. The molecule has 0 unspecified atom stereocenters. The van der Waals surface area contributed by atoms with Crippen LogP contribution < -0.4 is 0 Å². The van der Waals surface area contributed by atoms with E-state index >= 15 is 0 Å². The zero-order valence-corrected chi connectivity index (χ0v) is 20.6. The SMILES string of the molecule is Cn1ccn(CC2CCCCC2)[c]1=[Pt].IN(I)Cc1ccccc1. The summed E-state index contributed by atoms with van der Waals surface area (Å²) in [5.41, 5.74) is 1.35. The molecule has 0 saturated heterocycles. The first-order valence-corrected chi connectivity index (χ1v) is 11.4. The minimum atomic E-state index is 0.921. The van der Waals surface area contributed by atoms with Crippen LogP contribution >= 0.6 is 45.7 Å². The van der Waals surface area contributed by atoms with Crippen LogP contribution in [0.25, 0.3) is 0 Å². The zero-order valence-electron chi connectivity index (χ0n) is 14.0. The number of aryl methyl sites for hydroxylation is 1. The second-order valence-electron chi connectivity index (χ2n) is 6.25. The van der Waals surface area contributed by atoms with E-state index in [-0.39, 0.29) is 0 Å². The molecule has 6 heteroatoms. The number of hydrogen-bond acceptors (Lipinski definition) is 1. The first kappa shape index (κ1) is 20.8. The quantitative estimate of drug-likeness (QED) is 0.292. The molecule has 1 aliphatic carbocycles. The fraction of sp³-hybridized carbons (Fsp3) is 0.500. The van der Waals surface area contributed by atoms with Crippen LogP contribution in [0.15, 0.2) is 42.7 Å². The molecule has 0 bridgehead atoms. The predicted octanol–water partition coefficient (Wildman–Crippen LogP) is 5.67. The van der Waals surface area contributed by atoms with Gasteiger partial charge >= 0.3 is 96.3 Å². The molecule has 1 aliphatic rings. The summed E-state index contributed by atoms with van der Waals surface area (Å²) in [4.78, 5) is 0. The van der Waals surface area contributed by atoms with Crippen molar-refractivity contribution in [3.8, 4) is 0 Å². The molecule has 0 radical (unpaired) electrons. The van der Waals surface area contributed by atoms with E-state index in [0.717, 1.165) is 12.5 Å². The van der Waals surface area contributed by atoms with Crippen LogP contribution in [0.5, 0.6) is 0 Å². The Morgan fingerprint density at radius 3 is 2.29 bits per heavy atom. The summed E-state index contributed by atoms with van der Waals surface area (Å²) in [6.07, 6.45) is 11.5. The first-order valence-electron chi connectivity index (χ1n) is 8.36. The second-order valence-corrected chi connectivity index (χ2v) is 11.4. The van der Waals surface area contributed by atoms with Gasteiger partial charge in [0.05, 0.1) is 0 Å². The van der Waals surface area contributed by atoms with Crippen molar-refractivity contribution >= 4 is 45.7 Å². The third-order valence-corrected chi connectivity index (χ3v) is 6.42. The summed E-state index contributed by atoms with van der Waals surface area (Å²) in [5.74, 6) is 0.921. The summed E-state index contributed by atoms with van der Waals surface area (Å²) in [7, 11) is 2.11. The van der Waals surface area contributed by atoms with Crippen molar-refractivity contribution in [1.29, 1.82) is 0 Å². The Bertz CT molecular complexity index is 646. The Morgan fingerprint density at radius 1 is 1.08 bits per heavy atom. The van der Waals surface area contributed by atoms with Crippen molar-refractivity contribution < 1.29 is 19.4 Å². The molecule has 0 aliphatic heterocycles. The topological polar surface area (TPSA) is 13.1 Å². The molecule has 136 valence electrons. The minimum absolute atomic E-state index is 0.921. The maximum absolute atomic E-state index is 2.41. The van der Waals surface area contributed by atoms with E-state index < -0.39 is 0 Å². The van der Waals surface area contributed by atoms with Gasteiger partial charge in [0.2, 0.25) is 0 Å². The number of rotatable bonds is 4. The van der Waals surface area contributed by atoms with Crippen molar-refractivity contribution in [2.45, 2.75) is 45.2 Å². The third-order valence-electron chi connectivity index (χ3n) is 4.28. The molecule has 3 rings (SSSR count). The predicted molar refractivity (Wildman–Crippen MR) is 113 cm³/mol. The maximum atomic E-state index is 2.41. The molecule has 0 amide bonds. The smallest absolute Gasteiger partial charge is 0.0435 e. The molecule has 1 aromatic carbocycles. The minimum Gasteiger partial charge on any atom is -0.184 e. The third kappa shape index (κ3) is 7.42. The molecule has 2 aromatic rings. The number of imidazole rings is 1. The fourth-order valence-corrected chi connectivity index (χ4v) is 4.33. The first-order chi connectivity index (χ1) is 11.6. The number of nitrogens with zero attached hydrogens (tertiary/aromatic N) is 3. The number of aromatic nitrogens is 2. The Labute approximate surface area is 184 Å². The van der Waals surface area contributed by atoms with Gasteiger partial charge in [-0.3, -0.25) is 0 Å². The standard InChI is InChI=1S/C11H18N2.C7H7I2N.Pt/c1-12-7-8-13(10-12)9-11-5-3-2-4-6-11;8-10(9)6-7-4-2-1-3-5-7;/h7-8,11H,2-6,9H2,1H3;1-5H,6H2;. The van der Waals surface area contributed by atoms with Gasteiger partial charge in [-0.15, -0.1) is 0 Å². The van der Waals surface area contributed by atoms with E-state index in [1.165, 1.54) is 48.0 Å². The van der Waals surface area contributed by atoms with Crippen molar-refractivity contribution in [2.24, 2.45) is 13.0 Å². The summed E-state index contributed by atoms with van der Waals surface area (Å²) >= 11 is 6.94. The molecule has 0 atom stereocenters. The maximum Gasteiger partial charge on any atom is 0.0435 e. The summed E-state index contributed by atoms with van der Waals surface area (Å²) < 4.78 is 8.02. The van der Waals surface area contributed by atoms with Gasteiger partial charge < -0.3 is 0 Å². The van der Waals surface area contributed by atoms with Gasteiger partial charge in [0, 0.05) is 52.3 Å². The molecule has 1 saturated carbocycles. The van der Waals surface area contributed by atoms with Gasteiger partial charge in [-0.05, 0) is 5.56 Å². The average Bonchev–Trinajstić information content (AvgIpc) is 2.89. The number of hydrogen-bond donors (Lipinski definition) is 0. The van der Waals surface area contributed by atoms with Crippen molar-refractivity contribution in [3.63, 3.8) is 0 Å². The Balaban J connectivity index is 0.000000185. The Hall–Kier alpha value is 0.538. The van der Waals surface area contributed by atoms with E-state index in [4.69, 9.17) is 0 Å². The molecule has 0 spiro atoms. The van der Waals surface area contributed by atoms with Gasteiger partial charge in [0.15, 0.2) is 0 Å². The van der Waals surface area contributed by atoms with E-state index in [9.17, 15) is 0 Å². The van der Waals surface area contributed by atoms with Crippen LogP contribution in [0.4, 0.5) is 0 Å². The molecule has 1 heterocycles. The van der Waals surface area contributed by atoms with Crippen LogP contribution in [0, 0.1) is 9.72 Å². The van der Waals surface area contributed by atoms with Gasteiger partial charge in [-0.25, -0.2) is 0 Å². The Morgan fingerprint density at radius 2 is 1.75 bits per heavy atom. The summed E-state index contributed by atoms with van der Waals surface area (Å²) in [6, 6.07) is 10.4. The average molecular weight is 732 g/mol. The second kappa shape index (κ2) is 11.3. The van der Waals surface area contributed by atoms with Crippen LogP contribution in [-0.2, 0) is 39.5 Å². The number of benzene rings is 1. The molecular weight excluding hydrogens is 707 g/mol. The van der Waals surface area contributed by atoms with Crippen LogP contribution in [-0.4, -0.2) is 10.5 Å². The van der Waals surface area contributed by atoms with Crippen LogP contribution in [0.1, 0.15) is 37.7 Å². The summed E-state index contributed by atoms with van der Waals surface area (Å²) in [5, 5.41) is 0. The van der Waals surface area contributed by atoms with Gasteiger partial charge in [-0.2, -0.15) is 1.33 Å². The molecular formula is C18H25I2N3Pt. The molecule has 1 fully saturated rings. The van der Waals surface area contributed by atoms with E-state index in [1.54, 1.807) is 0 Å². The molecule has 3 nitrogen and oxygen atoms in total. The van der Waals surface area contributed by atoms with E-state index in [0.29, 0.717) is 0 Å². The largest absolute Gasteiger partial charge is 0.184 e. The van der Waals surface area contributed by atoms with Crippen molar-refractivity contribution in [2.75, 3.05) is 0 Å². The van der Waals surface area contributed by atoms with Crippen LogP contribution in [0.3, 0.4) is 0 Å². The van der Waals surface area contributed by atoms with E-state index in [1.807, 2.05) is 6.07 Å². The molecule has 0 N–H and O–H groups in total. The van der Waals surface area contributed by atoms with E-state index in [2.05, 4.69) is 119 Å². The number of halogens is 2. The normalized spacial score (nSPS) is 15.2. The van der Waals surface area contributed by atoms with Crippen molar-refractivity contribution in [1.82, 2.24) is 10.5 Å². The van der Waals surface area contributed by atoms with Gasteiger partial charge in [0.25, 0.3) is 0 Å².